The molecule has 1 rings (SSSR count). The summed E-state index contributed by atoms with van der Waals surface area (Å²) >= 11 is 0. The van der Waals surface area contributed by atoms with Crippen LogP contribution in [0.15, 0.2) is 23.2 Å². The van der Waals surface area contributed by atoms with Crippen molar-refractivity contribution in [1.82, 2.24) is 10.6 Å². The van der Waals surface area contributed by atoms with Crippen LogP contribution >= 0.6 is 0 Å². The van der Waals surface area contributed by atoms with Crippen molar-refractivity contribution in [3.63, 3.8) is 0 Å². The molecule has 1 aromatic carbocycles. The van der Waals surface area contributed by atoms with Gasteiger partial charge in [-0.2, -0.15) is 0 Å². The average Bonchev–Trinajstić information content (AvgIpc) is 2.38. The highest BCUT2D eigenvalue weighted by Gasteiger charge is 2.02. The zero-order valence-corrected chi connectivity index (χ0v) is 10.8. The van der Waals surface area contributed by atoms with E-state index < -0.39 is 0 Å². The lowest BCUT2D eigenvalue weighted by Gasteiger charge is -2.09. The number of hydrogen-bond donors (Lipinski definition) is 3. The molecule has 0 heterocycles. The van der Waals surface area contributed by atoms with Crippen LogP contribution in [-0.4, -0.2) is 24.2 Å². The largest absolute Gasteiger partial charge is 0.392 e. The molecule has 0 fully saturated rings. The maximum absolute atomic E-state index is 13.2. The van der Waals surface area contributed by atoms with Crippen LogP contribution in [-0.2, 0) is 13.2 Å². The van der Waals surface area contributed by atoms with Crippen LogP contribution in [0.5, 0.6) is 0 Å². The van der Waals surface area contributed by atoms with Gasteiger partial charge in [0.05, 0.1) is 13.2 Å². The highest BCUT2D eigenvalue weighted by molar-refractivity contribution is 5.79. The number of nitrogens with zero attached hydrogens (tertiary/aromatic N) is 1. The molecule has 100 valence electrons. The highest BCUT2D eigenvalue weighted by Crippen LogP contribution is 2.11. The second kappa shape index (κ2) is 7.66. The molecule has 0 spiro atoms. The van der Waals surface area contributed by atoms with Crippen LogP contribution < -0.4 is 10.6 Å². The number of aliphatic hydroxyl groups excluding tert-OH is 1. The molecular formula is C13H20FN3O. The zero-order chi connectivity index (χ0) is 13.4. The summed E-state index contributed by atoms with van der Waals surface area (Å²) in [5.74, 6) is 0.346. The Bertz CT molecular complexity index is 399. The Hall–Kier alpha value is -1.62. The summed E-state index contributed by atoms with van der Waals surface area (Å²) in [7, 11) is 0. The Labute approximate surface area is 107 Å². The van der Waals surface area contributed by atoms with Gasteiger partial charge < -0.3 is 15.7 Å². The van der Waals surface area contributed by atoms with Gasteiger partial charge in [0.25, 0.3) is 0 Å². The zero-order valence-electron chi connectivity index (χ0n) is 10.8. The fraction of sp³-hybridized carbons (Fsp3) is 0.462. The van der Waals surface area contributed by atoms with Gasteiger partial charge in [-0.3, -0.25) is 0 Å². The molecule has 0 aliphatic heterocycles. The Balaban J connectivity index is 2.73. The number of guanidine groups is 1. The molecule has 5 heteroatoms. The van der Waals surface area contributed by atoms with Crippen molar-refractivity contribution in [3.8, 4) is 0 Å². The third-order valence-corrected chi connectivity index (χ3v) is 2.39. The topological polar surface area (TPSA) is 56.7 Å². The van der Waals surface area contributed by atoms with Crippen molar-refractivity contribution in [1.29, 1.82) is 0 Å². The number of aliphatic imine (C=N–C) groups is 1. The van der Waals surface area contributed by atoms with E-state index in [0.717, 1.165) is 24.6 Å². The maximum atomic E-state index is 13.2. The third kappa shape index (κ3) is 4.33. The lowest BCUT2D eigenvalue weighted by molar-refractivity contribution is 0.275. The first kappa shape index (κ1) is 14.4. The van der Waals surface area contributed by atoms with Gasteiger partial charge in [0, 0.05) is 18.7 Å². The van der Waals surface area contributed by atoms with Gasteiger partial charge in [-0.1, -0.05) is 6.07 Å². The van der Waals surface area contributed by atoms with E-state index in [2.05, 4.69) is 15.6 Å². The molecule has 0 aromatic heterocycles. The molecule has 0 unspecified atom stereocenters. The maximum Gasteiger partial charge on any atom is 0.191 e. The van der Waals surface area contributed by atoms with Crippen molar-refractivity contribution < 1.29 is 9.50 Å². The molecule has 0 atom stereocenters. The van der Waals surface area contributed by atoms with E-state index in [1.807, 2.05) is 13.8 Å². The van der Waals surface area contributed by atoms with Gasteiger partial charge in [0.2, 0.25) is 0 Å². The first-order valence-corrected chi connectivity index (χ1v) is 6.11. The van der Waals surface area contributed by atoms with Gasteiger partial charge in [-0.05, 0) is 31.5 Å². The number of nitrogens with one attached hydrogen (secondary N) is 2. The Kier molecular flexibility index (Phi) is 6.14. The van der Waals surface area contributed by atoms with E-state index in [-0.39, 0.29) is 12.4 Å². The van der Waals surface area contributed by atoms with Gasteiger partial charge in [0.1, 0.15) is 5.82 Å². The third-order valence-electron chi connectivity index (χ3n) is 2.39. The van der Waals surface area contributed by atoms with Crippen LogP contribution in [0.1, 0.15) is 25.0 Å². The normalized spacial score (nSPS) is 10.0. The van der Waals surface area contributed by atoms with Crippen molar-refractivity contribution in [2.45, 2.75) is 27.0 Å². The molecule has 0 radical (unpaired) electrons. The van der Waals surface area contributed by atoms with Gasteiger partial charge in [-0.15, -0.1) is 0 Å². The smallest absolute Gasteiger partial charge is 0.191 e. The molecule has 3 N–H and O–H groups in total. The second-order valence-electron chi connectivity index (χ2n) is 3.81. The standard InChI is InChI=1S/C13H20FN3O/c1-3-15-13(16-4-2)17-8-10-5-6-12(14)11(7-10)9-18/h5-7,18H,3-4,8-9H2,1-2H3,(H2,15,16,17). The van der Waals surface area contributed by atoms with Crippen LogP contribution in [0.4, 0.5) is 4.39 Å². The van der Waals surface area contributed by atoms with Gasteiger partial charge >= 0.3 is 0 Å². The molecule has 1 aromatic rings. The summed E-state index contributed by atoms with van der Waals surface area (Å²) in [6.07, 6.45) is 0. The van der Waals surface area contributed by atoms with Gasteiger partial charge in [-0.25, -0.2) is 9.38 Å². The lowest BCUT2D eigenvalue weighted by Crippen LogP contribution is -2.36. The summed E-state index contributed by atoms with van der Waals surface area (Å²) in [4.78, 5) is 4.37. The van der Waals surface area contributed by atoms with E-state index >= 15 is 0 Å². The fourth-order valence-electron chi connectivity index (χ4n) is 1.53. The molecule has 0 saturated heterocycles. The van der Waals surface area contributed by atoms with Gasteiger partial charge in [0.15, 0.2) is 5.96 Å². The summed E-state index contributed by atoms with van der Waals surface area (Å²) in [5.41, 5.74) is 1.17. The Morgan fingerprint density at radius 2 is 1.94 bits per heavy atom. The van der Waals surface area contributed by atoms with E-state index in [9.17, 15) is 4.39 Å². The van der Waals surface area contributed by atoms with Crippen LogP contribution in [0, 0.1) is 5.82 Å². The van der Waals surface area contributed by atoms with Crippen molar-refractivity contribution in [2.24, 2.45) is 4.99 Å². The van der Waals surface area contributed by atoms with Crippen LogP contribution in [0.2, 0.25) is 0 Å². The average molecular weight is 253 g/mol. The van der Waals surface area contributed by atoms with E-state index in [1.54, 1.807) is 12.1 Å². The molecular weight excluding hydrogens is 233 g/mol. The number of aliphatic hydroxyl groups is 1. The number of halogens is 1. The molecule has 18 heavy (non-hydrogen) atoms. The lowest BCUT2D eigenvalue weighted by atomic mass is 10.1. The summed E-state index contributed by atoms with van der Waals surface area (Å²) in [6.45, 7) is 5.72. The monoisotopic (exact) mass is 253 g/mol. The quantitative estimate of drug-likeness (QED) is 0.549. The molecule has 0 saturated carbocycles. The fourth-order valence-corrected chi connectivity index (χ4v) is 1.53. The molecule has 4 nitrogen and oxygen atoms in total. The van der Waals surface area contributed by atoms with Crippen molar-refractivity contribution in [2.75, 3.05) is 13.1 Å². The van der Waals surface area contributed by atoms with Crippen molar-refractivity contribution in [3.05, 3.63) is 35.1 Å². The first-order valence-electron chi connectivity index (χ1n) is 6.11. The van der Waals surface area contributed by atoms with E-state index in [4.69, 9.17) is 5.11 Å². The highest BCUT2D eigenvalue weighted by atomic mass is 19.1. The minimum Gasteiger partial charge on any atom is -0.392 e. The second-order valence-corrected chi connectivity index (χ2v) is 3.81. The van der Waals surface area contributed by atoms with Crippen LogP contribution in [0.25, 0.3) is 0 Å². The SMILES string of the molecule is CCNC(=NCc1ccc(F)c(CO)c1)NCC. The predicted molar refractivity (Wildman–Crippen MR) is 70.8 cm³/mol. The van der Waals surface area contributed by atoms with Crippen LogP contribution in [0.3, 0.4) is 0 Å². The predicted octanol–water partition coefficient (Wildman–Crippen LogP) is 1.39. The molecule has 0 aliphatic rings. The number of rotatable bonds is 5. The molecule has 0 aliphatic carbocycles. The van der Waals surface area contributed by atoms with E-state index in [1.165, 1.54) is 6.07 Å². The number of benzene rings is 1. The Morgan fingerprint density at radius 3 is 2.50 bits per heavy atom. The summed E-state index contributed by atoms with van der Waals surface area (Å²) in [5, 5.41) is 15.2. The molecule has 0 bridgehead atoms. The summed E-state index contributed by atoms with van der Waals surface area (Å²) < 4.78 is 13.2. The summed E-state index contributed by atoms with van der Waals surface area (Å²) in [6, 6.07) is 4.67. The Morgan fingerprint density at radius 1 is 1.28 bits per heavy atom. The first-order chi connectivity index (χ1) is 8.71. The van der Waals surface area contributed by atoms with Crippen molar-refractivity contribution >= 4 is 5.96 Å². The van der Waals surface area contributed by atoms with E-state index in [0.29, 0.717) is 12.1 Å². The minimum absolute atomic E-state index is 0.295. The minimum atomic E-state index is -0.385. The molecule has 0 amide bonds. The number of hydrogen-bond acceptors (Lipinski definition) is 2.